The van der Waals surface area contributed by atoms with Crippen molar-refractivity contribution in [1.82, 2.24) is 25.2 Å². The van der Waals surface area contributed by atoms with Gasteiger partial charge in [0, 0.05) is 16.0 Å². The second-order valence-corrected chi connectivity index (χ2v) is 7.72. The van der Waals surface area contributed by atoms with Gasteiger partial charge in [0.25, 0.3) is 0 Å². The maximum absolute atomic E-state index is 5.94. The fourth-order valence-corrected chi connectivity index (χ4v) is 4.08. The van der Waals surface area contributed by atoms with E-state index in [0.717, 1.165) is 26.3 Å². The third-order valence-electron chi connectivity index (χ3n) is 3.48. The largest absolute Gasteiger partial charge is 0.229 e. The minimum Gasteiger partial charge on any atom is -0.229 e. The second kappa shape index (κ2) is 7.35. The first-order chi connectivity index (χ1) is 12.3. The lowest BCUT2D eigenvalue weighted by atomic mass is 10.2. The van der Waals surface area contributed by atoms with Crippen molar-refractivity contribution in [1.29, 1.82) is 0 Å². The van der Waals surface area contributed by atoms with Crippen LogP contribution in [0, 0.1) is 0 Å². The average molecular weight is 386 g/mol. The van der Waals surface area contributed by atoms with Gasteiger partial charge < -0.3 is 0 Å². The summed E-state index contributed by atoms with van der Waals surface area (Å²) in [6.45, 7) is 0.631. The average Bonchev–Trinajstić information content (AvgIpc) is 3.27. The minimum atomic E-state index is 0.631. The highest BCUT2D eigenvalue weighted by Gasteiger charge is 2.12. The molecule has 4 rings (SSSR count). The fraction of sp³-hybridized carbons (Fsp3) is 0.0588. The predicted molar refractivity (Wildman–Crippen MR) is 100 cm³/mol. The van der Waals surface area contributed by atoms with Crippen LogP contribution in [-0.2, 0) is 6.54 Å². The SMILES string of the molecule is Clc1ccc(-c2csc(Sc3nnnn3Cc3ccccc3)n2)cc1. The van der Waals surface area contributed by atoms with Gasteiger partial charge in [0.1, 0.15) is 0 Å². The smallest absolute Gasteiger partial charge is 0.216 e. The van der Waals surface area contributed by atoms with Crippen molar-refractivity contribution in [2.75, 3.05) is 0 Å². The molecule has 2 heterocycles. The molecule has 0 saturated heterocycles. The number of thiazole rings is 1. The number of tetrazole rings is 1. The van der Waals surface area contributed by atoms with Crippen LogP contribution in [0.5, 0.6) is 0 Å². The van der Waals surface area contributed by atoms with E-state index in [2.05, 4.69) is 32.6 Å². The lowest BCUT2D eigenvalue weighted by Gasteiger charge is -2.02. The molecule has 0 spiro atoms. The molecule has 0 atom stereocenters. The summed E-state index contributed by atoms with van der Waals surface area (Å²) in [5.74, 6) is 0. The topological polar surface area (TPSA) is 56.5 Å². The maximum Gasteiger partial charge on any atom is 0.216 e. The van der Waals surface area contributed by atoms with Crippen LogP contribution < -0.4 is 0 Å². The first-order valence-electron chi connectivity index (χ1n) is 7.47. The first-order valence-corrected chi connectivity index (χ1v) is 9.55. The van der Waals surface area contributed by atoms with Crippen LogP contribution in [0.3, 0.4) is 0 Å². The second-order valence-electron chi connectivity index (χ2n) is 5.21. The van der Waals surface area contributed by atoms with Gasteiger partial charge in [-0.3, -0.25) is 0 Å². The van der Waals surface area contributed by atoms with E-state index in [1.807, 2.05) is 47.8 Å². The first kappa shape index (κ1) is 16.3. The lowest BCUT2D eigenvalue weighted by Crippen LogP contribution is -2.03. The molecule has 25 heavy (non-hydrogen) atoms. The number of hydrogen-bond donors (Lipinski definition) is 0. The summed E-state index contributed by atoms with van der Waals surface area (Å²) >= 11 is 8.98. The number of rotatable bonds is 5. The number of halogens is 1. The van der Waals surface area contributed by atoms with Gasteiger partial charge in [-0.15, -0.1) is 16.4 Å². The highest BCUT2D eigenvalue weighted by molar-refractivity contribution is 8.00. The van der Waals surface area contributed by atoms with Crippen LogP contribution in [0.25, 0.3) is 11.3 Å². The maximum atomic E-state index is 5.94. The molecule has 2 aromatic carbocycles. The Morgan fingerprint density at radius 1 is 1.04 bits per heavy atom. The molecule has 124 valence electrons. The van der Waals surface area contributed by atoms with Gasteiger partial charge in [-0.25, -0.2) is 9.67 Å². The van der Waals surface area contributed by atoms with E-state index in [4.69, 9.17) is 11.6 Å². The molecule has 0 amide bonds. The molecule has 0 aliphatic heterocycles. The van der Waals surface area contributed by atoms with E-state index >= 15 is 0 Å². The molecule has 0 radical (unpaired) electrons. The van der Waals surface area contributed by atoms with Crippen LogP contribution in [0.1, 0.15) is 5.56 Å². The van der Waals surface area contributed by atoms with Gasteiger partial charge in [0.15, 0.2) is 4.34 Å². The summed E-state index contributed by atoms with van der Waals surface area (Å²) in [6.07, 6.45) is 0. The zero-order valence-corrected chi connectivity index (χ0v) is 15.3. The highest BCUT2D eigenvalue weighted by Crippen LogP contribution is 2.32. The third kappa shape index (κ3) is 3.89. The van der Waals surface area contributed by atoms with Crippen LogP contribution in [0.15, 0.2) is 69.5 Å². The summed E-state index contributed by atoms with van der Waals surface area (Å²) in [6, 6.07) is 17.8. The zero-order valence-electron chi connectivity index (χ0n) is 12.9. The summed E-state index contributed by atoms with van der Waals surface area (Å²) < 4.78 is 2.68. The molecule has 8 heteroatoms. The van der Waals surface area contributed by atoms with Crippen LogP contribution in [-0.4, -0.2) is 25.2 Å². The van der Waals surface area contributed by atoms with Gasteiger partial charge in [0.2, 0.25) is 5.16 Å². The number of aromatic nitrogens is 5. The monoisotopic (exact) mass is 385 g/mol. The van der Waals surface area contributed by atoms with Gasteiger partial charge in [0.05, 0.1) is 12.2 Å². The molecule has 0 N–H and O–H groups in total. The fourth-order valence-electron chi connectivity index (χ4n) is 2.26. The van der Waals surface area contributed by atoms with Crippen LogP contribution in [0.2, 0.25) is 5.02 Å². The third-order valence-corrected chi connectivity index (χ3v) is 5.64. The highest BCUT2D eigenvalue weighted by atomic mass is 35.5. The van der Waals surface area contributed by atoms with Crippen LogP contribution >= 0.6 is 34.7 Å². The van der Waals surface area contributed by atoms with E-state index in [9.17, 15) is 0 Å². The molecule has 0 aliphatic carbocycles. The molecular formula is C17H12ClN5S2. The standard InChI is InChI=1S/C17H12ClN5S2/c18-14-8-6-13(7-9-14)15-11-24-17(19-15)25-16-20-21-22-23(16)10-12-4-2-1-3-5-12/h1-9,11H,10H2. The van der Waals surface area contributed by atoms with Gasteiger partial charge >= 0.3 is 0 Å². The number of hydrogen-bond acceptors (Lipinski definition) is 6. The van der Waals surface area contributed by atoms with Gasteiger partial charge in [-0.05, 0) is 39.9 Å². The lowest BCUT2D eigenvalue weighted by molar-refractivity contribution is 0.603. The van der Waals surface area contributed by atoms with Crippen LogP contribution in [0.4, 0.5) is 0 Å². The number of nitrogens with zero attached hydrogens (tertiary/aromatic N) is 5. The van der Waals surface area contributed by atoms with Crippen molar-refractivity contribution < 1.29 is 0 Å². The Balaban J connectivity index is 1.52. The van der Waals surface area contributed by atoms with Crippen molar-refractivity contribution >= 4 is 34.7 Å². The summed E-state index contributed by atoms with van der Waals surface area (Å²) in [7, 11) is 0. The predicted octanol–water partition coefficient (Wildman–Crippen LogP) is 4.65. The molecule has 0 fully saturated rings. The summed E-state index contributed by atoms with van der Waals surface area (Å²) in [5.41, 5.74) is 3.11. The van der Waals surface area contributed by atoms with E-state index in [1.165, 1.54) is 11.8 Å². The summed E-state index contributed by atoms with van der Waals surface area (Å²) in [5, 5.41) is 15.5. The Morgan fingerprint density at radius 3 is 2.64 bits per heavy atom. The van der Waals surface area contributed by atoms with Gasteiger partial charge in [-0.1, -0.05) is 54.1 Å². The van der Waals surface area contributed by atoms with E-state index in [-0.39, 0.29) is 0 Å². The van der Waals surface area contributed by atoms with Crippen molar-refractivity contribution in [3.05, 3.63) is 70.6 Å². The molecule has 0 saturated carbocycles. The Hall–Kier alpha value is -2.22. The summed E-state index contributed by atoms with van der Waals surface area (Å²) in [4.78, 5) is 4.66. The Bertz CT molecular complexity index is 966. The Morgan fingerprint density at radius 2 is 1.84 bits per heavy atom. The zero-order chi connectivity index (χ0) is 17.1. The van der Waals surface area contributed by atoms with Crippen molar-refractivity contribution in [2.45, 2.75) is 16.0 Å². The molecule has 0 bridgehead atoms. The Kier molecular flexibility index (Phi) is 4.78. The molecule has 4 aromatic rings. The van der Waals surface area contributed by atoms with Crippen molar-refractivity contribution in [2.24, 2.45) is 0 Å². The molecular weight excluding hydrogens is 374 g/mol. The van der Waals surface area contributed by atoms with E-state index in [1.54, 1.807) is 16.0 Å². The molecule has 2 aromatic heterocycles. The Labute approximate surface area is 157 Å². The molecule has 5 nitrogen and oxygen atoms in total. The van der Waals surface area contributed by atoms with E-state index in [0.29, 0.717) is 11.6 Å². The normalized spacial score (nSPS) is 10.9. The molecule has 0 aliphatic rings. The van der Waals surface area contributed by atoms with Gasteiger partial charge in [-0.2, -0.15) is 0 Å². The molecule has 0 unspecified atom stereocenters. The van der Waals surface area contributed by atoms with E-state index < -0.39 is 0 Å². The minimum absolute atomic E-state index is 0.631. The number of benzene rings is 2. The van der Waals surface area contributed by atoms with Crippen molar-refractivity contribution in [3.8, 4) is 11.3 Å². The van der Waals surface area contributed by atoms with Crippen molar-refractivity contribution in [3.63, 3.8) is 0 Å². The quantitative estimate of drug-likeness (QED) is 0.500.